The van der Waals surface area contributed by atoms with Gasteiger partial charge >= 0.3 is 0 Å². The van der Waals surface area contributed by atoms with Crippen LogP contribution in [-0.4, -0.2) is 23.9 Å². The molecule has 1 fully saturated rings. The molecule has 3 heteroatoms. The third-order valence-electron chi connectivity index (χ3n) is 4.50. The standard InChI is InChI=1S/C17H26N2O/c1-13(2)14-9-11-19(12-10-14)17(20)8-7-15-5-3-4-6-16(15)18/h3-6,13-14H,7-12,18H2,1-2H3. The van der Waals surface area contributed by atoms with E-state index >= 15 is 0 Å². The second kappa shape index (κ2) is 6.78. The van der Waals surface area contributed by atoms with Gasteiger partial charge in [-0.1, -0.05) is 32.0 Å². The number of para-hydroxylation sites is 1. The van der Waals surface area contributed by atoms with Crippen molar-refractivity contribution in [2.75, 3.05) is 18.8 Å². The maximum Gasteiger partial charge on any atom is 0.222 e. The molecule has 0 saturated carbocycles. The Hall–Kier alpha value is -1.51. The van der Waals surface area contributed by atoms with Crippen LogP contribution in [0.2, 0.25) is 0 Å². The summed E-state index contributed by atoms with van der Waals surface area (Å²) in [7, 11) is 0. The number of anilines is 1. The van der Waals surface area contributed by atoms with Crippen LogP contribution in [0.4, 0.5) is 5.69 Å². The second-order valence-corrected chi connectivity index (χ2v) is 6.16. The lowest BCUT2D eigenvalue weighted by atomic mass is 9.86. The lowest BCUT2D eigenvalue weighted by Crippen LogP contribution is -2.39. The van der Waals surface area contributed by atoms with Crippen molar-refractivity contribution < 1.29 is 4.79 Å². The molecule has 2 rings (SSSR count). The van der Waals surface area contributed by atoms with E-state index < -0.39 is 0 Å². The summed E-state index contributed by atoms with van der Waals surface area (Å²) < 4.78 is 0. The van der Waals surface area contributed by atoms with Crippen LogP contribution in [0.15, 0.2) is 24.3 Å². The predicted molar refractivity (Wildman–Crippen MR) is 83.3 cm³/mol. The molecule has 0 aliphatic carbocycles. The Morgan fingerprint density at radius 3 is 2.55 bits per heavy atom. The van der Waals surface area contributed by atoms with Gasteiger partial charge in [0.15, 0.2) is 0 Å². The van der Waals surface area contributed by atoms with E-state index in [2.05, 4.69) is 13.8 Å². The summed E-state index contributed by atoms with van der Waals surface area (Å²) in [5.74, 6) is 1.79. The molecule has 0 unspecified atom stereocenters. The largest absolute Gasteiger partial charge is 0.399 e. The fourth-order valence-electron chi connectivity index (χ4n) is 2.98. The summed E-state index contributed by atoms with van der Waals surface area (Å²) in [6.45, 7) is 6.40. The highest BCUT2D eigenvalue weighted by Crippen LogP contribution is 2.25. The number of likely N-dealkylation sites (tertiary alicyclic amines) is 1. The Labute approximate surface area is 122 Å². The number of amides is 1. The van der Waals surface area contributed by atoms with Gasteiger partial charge in [-0.2, -0.15) is 0 Å². The number of rotatable bonds is 4. The van der Waals surface area contributed by atoms with Crippen molar-refractivity contribution in [3.8, 4) is 0 Å². The molecule has 0 radical (unpaired) electrons. The number of piperidine rings is 1. The Balaban J connectivity index is 1.80. The van der Waals surface area contributed by atoms with Crippen LogP contribution in [0, 0.1) is 11.8 Å². The zero-order chi connectivity index (χ0) is 14.5. The van der Waals surface area contributed by atoms with Crippen LogP contribution in [0.1, 0.15) is 38.7 Å². The summed E-state index contributed by atoms with van der Waals surface area (Å²) in [5, 5.41) is 0. The monoisotopic (exact) mass is 274 g/mol. The molecule has 110 valence electrons. The van der Waals surface area contributed by atoms with Crippen molar-refractivity contribution >= 4 is 11.6 Å². The highest BCUT2D eigenvalue weighted by atomic mass is 16.2. The molecule has 0 atom stereocenters. The quantitative estimate of drug-likeness (QED) is 0.858. The fourth-order valence-corrected chi connectivity index (χ4v) is 2.98. The van der Waals surface area contributed by atoms with E-state index in [0.29, 0.717) is 6.42 Å². The molecular weight excluding hydrogens is 248 g/mol. The minimum absolute atomic E-state index is 0.274. The number of hydrogen-bond acceptors (Lipinski definition) is 2. The summed E-state index contributed by atoms with van der Waals surface area (Å²) in [5.41, 5.74) is 7.78. The topological polar surface area (TPSA) is 46.3 Å². The van der Waals surface area contributed by atoms with Gasteiger partial charge in [0.2, 0.25) is 5.91 Å². The number of carbonyl (C=O) groups is 1. The average molecular weight is 274 g/mol. The van der Waals surface area contributed by atoms with E-state index in [-0.39, 0.29) is 5.91 Å². The van der Waals surface area contributed by atoms with Crippen LogP contribution < -0.4 is 5.73 Å². The van der Waals surface area contributed by atoms with E-state index in [0.717, 1.165) is 55.4 Å². The molecule has 1 aliphatic heterocycles. The Bertz CT molecular complexity index is 448. The van der Waals surface area contributed by atoms with E-state index in [9.17, 15) is 4.79 Å². The maximum absolute atomic E-state index is 12.2. The first-order valence-corrected chi connectivity index (χ1v) is 7.69. The van der Waals surface area contributed by atoms with Gasteiger partial charge in [0, 0.05) is 25.2 Å². The molecule has 20 heavy (non-hydrogen) atoms. The van der Waals surface area contributed by atoms with Gasteiger partial charge in [-0.05, 0) is 42.7 Å². The van der Waals surface area contributed by atoms with Gasteiger partial charge in [0.25, 0.3) is 0 Å². The summed E-state index contributed by atoms with van der Waals surface area (Å²) in [4.78, 5) is 14.3. The lowest BCUT2D eigenvalue weighted by Gasteiger charge is -2.34. The molecule has 1 heterocycles. The number of nitrogens with zero attached hydrogens (tertiary/aromatic N) is 1. The van der Waals surface area contributed by atoms with Crippen LogP contribution in [-0.2, 0) is 11.2 Å². The normalized spacial score (nSPS) is 16.6. The average Bonchev–Trinajstić information content (AvgIpc) is 2.46. The van der Waals surface area contributed by atoms with Crippen LogP contribution >= 0.6 is 0 Å². The first-order valence-electron chi connectivity index (χ1n) is 7.69. The SMILES string of the molecule is CC(C)C1CCN(C(=O)CCc2ccccc2N)CC1. The van der Waals surface area contributed by atoms with Gasteiger partial charge in [-0.25, -0.2) is 0 Å². The minimum atomic E-state index is 0.274. The van der Waals surface area contributed by atoms with Crippen molar-refractivity contribution in [2.45, 2.75) is 39.5 Å². The van der Waals surface area contributed by atoms with Crippen molar-refractivity contribution in [3.05, 3.63) is 29.8 Å². The molecule has 2 N–H and O–H groups in total. The highest BCUT2D eigenvalue weighted by molar-refractivity contribution is 5.76. The molecule has 1 aromatic carbocycles. The lowest BCUT2D eigenvalue weighted by molar-refractivity contribution is -0.132. The summed E-state index contributed by atoms with van der Waals surface area (Å²) in [6.07, 6.45) is 3.62. The summed E-state index contributed by atoms with van der Waals surface area (Å²) >= 11 is 0. The molecule has 1 saturated heterocycles. The van der Waals surface area contributed by atoms with Crippen molar-refractivity contribution in [1.82, 2.24) is 4.90 Å². The maximum atomic E-state index is 12.2. The molecule has 0 spiro atoms. The van der Waals surface area contributed by atoms with Gasteiger partial charge < -0.3 is 10.6 Å². The predicted octanol–water partition coefficient (Wildman–Crippen LogP) is 3.10. The van der Waals surface area contributed by atoms with E-state index in [1.165, 1.54) is 0 Å². The zero-order valence-corrected chi connectivity index (χ0v) is 12.6. The van der Waals surface area contributed by atoms with Crippen molar-refractivity contribution in [2.24, 2.45) is 11.8 Å². The Kier molecular flexibility index (Phi) is 5.05. The zero-order valence-electron chi connectivity index (χ0n) is 12.6. The van der Waals surface area contributed by atoms with Crippen LogP contribution in [0.25, 0.3) is 0 Å². The third-order valence-corrected chi connectivity index (χ3v) is 4.50. The molecule has 0 bridgehead atoms. The second-order valence-electron chi connectivity index (χ2n) is 6.16. The van der Waals surface area contributed by atoms with Crippen LogP contribution in [0.3, 0.4) is 0 Å². The first-order chi connectivity index (χ1) is 9.58. The minimum Gasteiger partial charge on any atom is -0.399 e. The van der Waals surface area contributed by atoms with E-state index in [1.54, 1.807) is 0 Å². The van der Waals surface area contributed by atoms with Crippen LogP contribution in [0.5, 0.6) is 0 Å². The van der Waals surface area contributed by atoms with Gasteiger partial charge in [0.1, 0.15) is 0 Å². The van der Waals surface area contributed by atoms with Crippen molar-refractivity contribution in [3.63, 3.8) is 0 Å². The third kappa shape index (κ3) is 3.75. The Morgan fingerprint density at radius 1 is 1.30 bits per heavy atom. The number of aryl methyl sites for hydroxylation is 1. The Morgan fingerprint density at radius 2 is 1.95 bits per heavy atom. The van der Waals surface area contributed by atoms with E-state index in [4.69, 9.17) is 5.73 Å². The number of hydrogen-bond donors (Lipinski definition) is 1. The molecular formula is C17H26N2O. The number of nitrogens with two attached hydrogens (primary N) is 1. The summed E-state index contributed by atoms with van der Waals surface area (Å²) in [6, 6.07) is 7.81. The van der Waals surface area contributed by atoms with E-state index in [1.807, 2.05) is 29.2 Å². The fraction of sp³-hybridized carbons (Fsp3) is 0.588. The van der Waals surface area contributed by atoms with Gasteiger partial charge in [0.05, 0.1) is 0 Å². The number of benzene rings is 1. The molecule has 3 nitrogen and oxygen atoms in total. The smallest absolute Gasteiger partial charge is 0.222 e. The number of nitrogen functional groups attached to an aromatic ring is 1. The first kappa shape index (κ1) is 14.9. The molecule has 1 aromatic rings. The number of carbonyl (C=O) groups excluding carboxylic acids is 1. The van der Waals surface area contributed by atoms with Gasteiger partial charge in [-0.15, -0.1) is 0 Å². The molecule has 1 aliphatic rings. The highest BCUT2D eigenvalue weighted by Gasteiger charge is 2.24. The molecule has 0 aromatic heterocycles. The van der Waals surface area contributed by atoms with Gasteiger partial charge in [-0.3, -0.25) is 4.79 Å². The van der Waals surface area contributed by atoms with Crippen molar-refractivity contribution in [1.29, 1.82) is 0 Å². The molecule has 1 amide bonds.